The van der Waals surface area contributed by atoms with Gasteiger partial charge < -0.3 is 14.4 Å². The first-order valence-electron chi connectivity index (χ1n) is 10.6. The summed E-state index contributed by atoms with van der Waals surface area (Å²) < 4.78 is 7.45. The molecule has 1 aromatic carbocycles. The van der Waals surface area contributed by atoms with Crippen LogP contribution in [0.2, 0.25) is 5.02 Å². The van der Waals surface area contributed by atoms with E-state index in [1.54, 1.807) is 18.4 Å². The van der Waals surface area contributed by atoms with Crippen LogP contribution >= 0.6 is 22.9 Å². The lowest BCUT2D eigenvalue weighted by Crippen LogP contribution is -2.22. The van der Waals surface area contributed by atoms with Crippen LogP contribution in [0.3, 0.4) is 0 Å². The zero-order chi connectivity index (χ0) is 21.5. The Balaban J connectivity index is 1.89. The number of likely N-dealkylation sites (N-methyl/N-ethyl adjacent to an activating group) is 1. The Hall–Kier alpha value is -1.44. The number of benzene rings is 1. The van der Waals surface area contributed by atoms with E-state index in [-0.39, 0.29) is 6.61 Å². The molecule has 0 aliphatic rings. The van der Waals surface area contributed by atoms with Crippen LogP contribution in [0.1, 0.15) is 31.9 Å². The van der Waals surface area contributed by atoms with Crippen LogP contribution < -0.4 is 0 Å². The van der Waals surface area contributed by atoms with Gasteiger partial charge in [0.05, 0.1) is 22.8 Å². The van der Waals surface area contributed by atoms with Crippen molar-refractivity contribution >= 4 is 33.8 Å². The van der Waals surface area contributed by atoms with E-state index >= 15 is 0 Å². The van der Waals surface area contributed by atoms with E-state index in [1.165, 1.54) is 0 Å². The maximum atomic E-state index is 9.21. The molecule has 7 heteroatoms. The van der Waals surface area contributed by atoms with Crippen LogP contribution in [-0.4, -0.2) is 53.5 Å². The predicted molar refractivity (Wildman–Crippen MR) is 126 cm³/mol. The van der Waals surface area contributed by atoms with E-state index in [9.17, 15) is 5.11 Å². The third-order valence-corrected chi connectivity index (χ3v) is 6.77. The van der Waals surface area contributed by atoms with Crippen molar-refractivity contribution < 1.29 is 9.84 Å². The van der Waals surface area contributed by atoms with Gasteiger partial charge in [0.15, 0.2) is 0 Å². The monoisotopic (exact) mass is 449 g/mol. The number of methoxy groups -OCH3 is 1. The molecule has 3 rings (SSSR count). The molecule has 2 aromatic heterocycles. The van der Waals surface area contributed by atoms with E-state index in [2.05, 4.69) is 41.1 Å². The Morgan fingerprint density at radius 3 is 2.93 bits per heavy atom. The van der Waals surface area contributed by atoms with Crippen molar-refractivity contribution in [3.8, 4) is 10.6 Å². The number of aromatic nitrogens is 2. The summed E-state index contributed by atoms with van der Waals surface area (Å²) in [5.41, 5.74) is 3.29. The van der Waals surface area contributed by atoms with E-state index in [0.29, 0.717) is 12.5 Å². The van der Waals surface area contributed by atoms with Gasteiger partial charge in [-0.25, -0.2) is 4.98 Å². The first-order chi connectivity index (χ1) is 14.6. The number of para-hydroxylation sites is 1. The Morgan fingerprint density at radius 2 is 2.20 bits per heavy atom. The van der Waals surface area contributed by atoms with Crippen molar-refractivity contribution in [2.24, 2.45) is 5.92 Å². The quantitative estimate of drug-likeness (QED) is 0.408. The largest absolute Gasteiger partial charge is 0.396 e. The van der Waals surface area contributed by atoms with Crippen LogP contribution in [0, 0.1) is 5.92 Å². The minimum atomic E-state index is 0.246. The van der Waals surface area contributed by atoms with E-state index in [4.69, 9.17) is 21.3 Å². The molecule has 0 fully saturated rings. The number of fused-ring (bicyclic) bond motifs is 1. The summed E-state index contributed by atoms with van der Waals surface area (Å²) in [5.74, 6) is 0.512. The Bertz CT molecular complexity index is 940. The molecular weight excluding hydrogens is 418 g/mol. The zero-order valence-corrected chi connectivity index (χ0v) is 19.7. The molecule has 0 radical (unpaired) electrons. The fourth-order valence-electron chi connectivity index (χ4n) is 3.82. The molecule has 0 saturated heterocycles. The molecule has 3 aromatic rings. The molecule has 2 heterocycles. The number of rotatable bonds is 12. The summed E-state index contributed by atoms with van der Waals surface area (Å²) in [5, 5.41) is 14.3. The van der Waals surface area contributed by atoms with Gasteiger partial charge >= 0.3 is 0 Å². The standard InChI is InChI=1S/C23H32ClN3O2S/c1-4-17(7-6-11-28)13-27-15-20(19-8-5-9-21(24)22(19)27)23-25-18(16-30-23)14-26(2)10-12-29-3/h5,8-9,15-17,28H,4,6-7,10-14H2,1-3H3. The highest BCUT2D eigenvalue weighted by atomic mass is 35.5. The van der Waals surface area contributed by atoms with Gasteiger partial charge in [0.1, 0.15) is 5.01 Å². The number of halogens is 1. The Kier molecular flexibility index (Phi) is 8.72. The molecule has 5 nitrogen and oxygen atoms in total. The van der Waals surface area contributed by atoms with Crippen molar-refractivity contribution in [1.82, 2.24) is 14.5 Å². The molecular formula is C23H32ClN3O2S. The second-order valence-electron chi connectivity index (χ2n) is 7.85. The third-order valence-electron chi connectivity index (χ3n) is 5.54. The number of aliphatic hydroxyl groups excluding tert-OH is 1. The molecule has 1 unspecified atom stereocenters. The summed E-state index contributed by atoms with van der Waals surface area (Å²) in [6, 6.07) is 6.10. The van der Waals surface area contributed by atoms with Crippen LogP contribution in [0.25, 0.3) is 21.5 Å². The van der Waals surface area contributed by atoms with Crippen molar-refractivity contribution in [2.45, 2.75) is 39.3 Å². The average Bonchev–Trinajstić information content (AvgIpc) is 3.34. The number of hydrogen-bond acceptors (Lipinski definition) is 5. The highest BCUT2D eigenvalue weighted by Crippen LogP contribution is 2.36. The Morgan fingerprint density at radius 1 is 1.37 bits per heavy atom. The molecule has 0 aliphatic heterocycles. The summed E-state index contributed by atoms with van der Waals surface area (Å²) in [6.45, 7) is 5.75. The maximum absolute atomic E-state index is 9.21. The molecule has 0 spiro atoms. The lowest BCUT2D eigenvalue weighted by atomic mass is 10.0. The van der Waals surface area contributed by atoms with Crippen LogP contribution in [0.15, 0.2) is 29.8 Å². The number of thiazole rings is 1. The fourth-order valence-corrected chi connectivity index (χ4v) is 4.94. The van der Waals surface area contributed by atoms with Gasteiger partial charge in [0, 0.05) is 55.9 Å². The fraction of sp³-hybridized carbons (Fsp3) is 0.522. The predicted octanol–water partition coefficient (Wildman–Crippen LogP) is 5.30. The SMILES string of the molecule is CCC(CCCO)Cn1cc(-c2nc(CN(C)CCOC)cs2)c2cccc(Cl)c21. The summed E-state index contributed by atoms with van der Waals surface area (Å²) in [4.78, 5) is 7.13. The lowest BCUT2D eigenvalue weighted by Gasteiger charge is -2.16. The van der Waals surface area contributed by atoms with Gasteiger partial charge in [-0.3, -0.25) is 4.90 Å². The summed E-state index contributed by atoms with van der Waals surface area (Å²) >= 11 is 8.30. The molecule has 1 atom stereocenters. The molecule has 30 heavy (non-hydrogen) atoms. The second kappa shape index (κ2) is 11.3. The van der Waals surface area contributed by atoms with Gasteiger partial charge in [0.2, 0.25) is 0 Å². The first kappa shape index (κ1) is 23.2. The molecule has 1 N–H and O–H groups in total. The van der Waals surface area contributed by atoms with Crippen molar-refractivity contribution in [3.63, 3.8) is 0 Å². The second-order valence-corrected chi connectivity index (χ2v) is 9.11. The van der Waals surface area contributed by atoms with E-state index in [0.717, 1.165) is 71.1 Å². The van der Waals surface area contributed by atoms with E-state index < -0.39 is 0 Å². The average molecular weight is 450 g/mol. The van der Waals surface area contributed by atoms with Crippen molar-refractivity contribution in [1.29, 1.82) is 0 Å². The molecule has 0 amide bonds. The number of hydrogen-bond donors (Lipinski definition) is 1. The normalized spacial score (nSPS) is 12.9. The van der Waals surface area contributed by atoms with Crippen LogP contribution in [0.4, 0.5) is 0 Å². The third kappa shape index (κ3) is 5.62. The zero-order valence-electron chi connectivity index (χ0n) is 18.1. The minimum Gasteiger partial charge on any atom is -0.396 e. The van der Waals surface area contributed by atoms with Gasteiger partial charge in [-0.1, -0.05) is 37.1 Å². The molecule has 164 valence electrons. The van der Waals surface area contributed by atoms with Crippen molar-refractivity contribution in [2.75, 3.05) is 33.9 Å². The van der Waals surface area contributed by atoms with Crippen LogP contribution in [-0.2, 0) is 17.8 Å². The van der Waals surface area contributed by atoms with Gasteiger partial charge in [-0.2, -0.15) is 0 Å². The summed E-state index contributed by atoms with van der Waals surface area (Å²) in [7, 11) is 3.81. The lowest BCUT2D eigenvalue weighted by molar-refractivity contribution is 0.158. The molecule has 0 aliphatic carbocycles. The molecule has 0 bridgehead atoms. The highest BCUT2D eigenvalue weighted by Gasteiger charge is 2.18. The van der Waals surface area contributed by atoms with Gasteiger partial charge in [-0.15, -0.1) is 11.3 Å². The van der Waals surface area contributed by atoms with Crippen LogP contribution in [0.5, 0.6) is 0 Å². The smallest absolute Gasteiger partial charge is 0.125 e. The van der Waals surface area contributed by atoms with Gasteiger partial charge in [-0.05, 0) is 31.9 Å². The maximum Gasteiger partial charge on any atom is 0.125 e. The molecule has 0 saturated carbocycles. The minimum absolute atomic E-state index is 0.246. The topological polar surface area (TPSA) is 50.5 Å². The van der Waals surface area contributed by atoms with E-state index in [1.807, 2.05) is 12.1 Å². The summed E-state index contributed by atoms with van der Waals surface area (Å²) in [6.07, 6.45) is 5.14. The Labute approximate surface area is 188 Å². The van der Waals surface area contributed by atoms with Crippen molar-refractivity contribution in [3.05, 3.63) is 40.5 Å². The number of nitrogens with zero attached hydrogens (tertiary/aromatic N) is 3. The first-order valence-corrected chi connectivity index (χ1v) is 11.8. The number of aliphatic hydroxyl groups is 1. The number of ether oxygens (including phenoxy) is 1. The van der Waals surface area contributed by atoms with Gasteiger partial charge in [0.25, 0.3) is 0 Å². The highest BCUT2D eigenvalue weighted by molar-refractivity contribution is 7.13.